The third-order valence-electron chi connectivity index (χ3n) is 2.27. The first-order valence-corrected chi connectivity index (χ1v) is 6.66. The molecule has 0 saturated carbocycles. The van der Waals surface area contributed by atoms with Gasteiger partial charge >= 0.3 is 0 Å². The molecule has 0 heterocycles. The van der Waals surface area contributed by atoms with Crippen molar-refractivity contribution in [1.82, 2.24) is 0 Å². The van der Waals surface area contributed by atoms with Crippen LogP contribution in [0.2, 0.25) is 0 Å². The third kappa shape index (κ3) is 3.48. The van der Waals surface area contributed by atoms with E-state index in [0.29, 0.717) is 6.61 Å². The lowest BCUT2D eigenvalue weighted by Gasteiger charge is -2.08. The van der Waals surface area contributed by atoms with Crippen LogP contribution in [0, 0.1) is 0 Å². The van der Waals surface area contributed by atoms with Gasteiger partial charge in [-0.2, -0.15) is 0 Å². The molecule has 0 bridgehead atoms. The number of halogens is 2. The van der Waals surface area contributed by atoms with Crippen LogP contribution in [0.1, 0.15) is 5.56 Å². The quantitative estimate of drug-likeness (QED) is 0.828. The van der Waals surface area contributed by atoms with Crippen LogP contribution >= 0.6 is 31.9 Å². The first-order chi connectivity index (χ1) is 8.15. The summed E-state index contributed by atoms with van der Waals surface area (Å²) in [4.78, 5) is 0. The van der Waals surface area contributed by atoms with E-state index in [-0.39, 0.29) is 0 Å². The fraction of sp³-hybridized carbons (Fsp3) is 0.0769. The first kappa shape index (κ1) is 12.5. The maximum atomic E-state index is 5.69. The largest absolute Gasteiger partial charge is 0.489 e. The predicted octanol–water partition coefficient (Wildman–Crippen LogP) is 4.37. The number of rotatable bonds is 3. The molecule has 0 spiro atoms. The lowest BCUT2D eigenvalue weighted by molar-refractivity contribution is 0.305. The second-order valence-electron chi connectivity index (χ2n) is 3.60. The molecule has 2 aromatic carbocycles. The van der Waals surface area contributed by atoms with Crippen molar-refractivity contribution in [2.45, 2.75) is 6.61 Å². The zero-order valence-corrected chi connectivity index (χ0v) is 12.2. The Bertz CT molecular complexity index is 529. The number of ether oxygens (including phenoxy) is 1. The average Bonchev–Trinajstić information content (AvgIpc) is 2.28. The molecule has 17 heavy (non-hydrogen) atoms. The third-order valence-corrected chi connectivity index (χ3v) is 3.50. The molecule has 0 saturated heterocycles. The summed E-state index contributed by atoms with van der Waals surface area (Å²) < 4.78 is 7.66. The molecule has 0 radical (unpaired) electrons. The van der Waals surface area contributed by atoms with Crippen LogP contribution in [0.3, 0.4) is 0 Å². The van der Waals surface area contributed by atoms with Gasteiger partial charge in [0.25, 0.3) is 0 Å². The molecule has 2 aromatic rings. The van der Waals surface area contributed by atoms with Crippen molar-refractivity contribution in [3.05, 3.63) is 57.0 Å². The lowest BCUT2D eigenvalue weighted by atomic mass is 10.2. The van der Waals surface area contributed by atoms with Crippen LogP contribution in [0.5, 0.6) is 5.75 Å². The second-order valence-corrected chi connectivity index (χ2v) is 5.37. The molecule has 0 fully saturated rings. The number of hydrogen-bond acceptors (Lipinski definition) is 2. The summed E-state index contributed by atoms with van der Waals surface area (Å²) in [5.41, 5.74) is 7.49. The van der Waals surface area contributed by atoms with Gasteiger partial charge in [0.05, 0.1) is 0 Å². The van der Waals surface area contributed by atoms with E-state index in [1.54, 1.807) is 0 Å². The summed E-state index contributed by atoms with van der Waals surface area (Å²) in [7, 11) is 0. The maximum Gasteiger partial charge on any atom is 0.120 e. The molecule has 2 rings (SSSR count). The number of anilines is 1. The molecule has 0 unspecified atom stereocenters. The average molecular weight is 357 g/mol. The van der Waals surface area contributed by atoms with Gasteiger partial charge in [-0.25, -0.2) is 0 Å². The van der Waals surface area contributed by atoms with Crippen LogP contribution < -0.4 is 10.5 Å². The van der Waals surface area contributed by atoms with Crippen LogP contribution in [-0.4, -0.2) is 0 Å². The Morgan fingerprint density at radius 1 is 1.06 bits per heavy atom. The van der Waals surface area contributed by atoms with E-state index in [0.717, 1.165) is 25.9 Å². The van der Waals surface area contributed by atoms with E-state index in [4.69, 9.17) is 10.5 Å². The summed E-state index contributed by atoms with van der Waals surface area (Å²) in [6.45, 7) is 0.511. The van der Waals surface area contributed by atoms with Crippen molar-refractivity contribution < 1.29 is 4.74 Å². The summed E-state index contributed by atoms with van der Waals surface area (Å²) >= 11 is 6.87. The molecule has 0 amide bonds. The normalized spacial score (nSPS) is 10.2. The fourth-order valence-corrected chi connectivity index (χ4v) is 2.29. The van der Waals surface area contributed by atoms with Gasteiger partial charge in [-0.3, -0.25) is 0 Å². The van der Waals surface area contributed by atoms with Gasteiger partial charge < -0.3 is 10.5 Å². The molecule has 0 aliphatic rings. The predicted molar refractivity (Wildman–Crippen MR) is 77.0 cm³/mol. The minimum absolute atomic E-state index is 0.511. The topological polar surface area (TPSA) is 35.2 Å². The van der Waals surface area contributed by atoms with Crippen molar-refractivity contribution >= 4 is 37.5 Å². The highest BCUT2D eigenvalue weighted by atomic mass is 79.9. The van der Waals surface area contributed by atoms with Crippen molar-refractivity contribution in [1.29, 1.82) is 0 Å². The Morgan fingerprint density at radius 2 is 1.88 bits per heavy atom. The van der Waals surface area contributed by atoms with Gasteiger partial charge in [0, 0.05) is 20.2 Å². The summed E-state index contributed by atoms with van der Waals surface area (Å²) in [5, 5.41) is 0. The monoisotopic (exact) mass is 355 g/mol. The van der Waals surface area contributed by atoms with Crippen molar-refractivity contribution in [3.63, 3.8) is 0 Å². The Hall–Kier alpha value is -1.000. The van der Waals surface area contributed by atoms with Crippen molar-refractivity contribution in [3.8, 4) is 5.75 Å². The first-order valence-electron chi connectivity index (χ1n) is 5.07. The van der Waals surface area contributed by atoms with E-state index in [1.807, 2.05) is 42.5 Å². The van der Waals surface area contributed by atoms with Gasteiger partial charge in [-0.1, -0.05) is 44.0 Å². The number of nitrogen functional groups attached to an aromatic ring is 1. The van der Waals surface area contributed by atoms with Crippen LogP contribution in [0.25, 0.3) is 0 Å². The lowest BCUT2D eigenvalue weighted by Crippen LogP contribution is -1.97. The van der Waals surface area contributed by atoms with Gasteiger partial charge in [-0.15, -0.1) is 0 Å². The molecule has 88 valence electrons. The number of nitrogens with two attached hydrogens (primary N) is 1. The molecule has 0 aliphatic carbocycles. The van der Waals surface area contributed by atoms with Gasteiger partial charge in [-0.05, 0) is 30.3 Å². The minimum Gasteiger partial charge on any atom is -0.489 e. The zero-order valence-electron chi connectivity index (χ0n) is 8.99. The molecule has 0 aromatic heterocycles. The molecule has 2 N–H and O–H groups in total. The molecule has 4 heteroatoms. The van der Waals surface area contributed by atoms with Gasteiger partial charge in [0.2, 0.25) is 0 Å². The van der Waals surface area contributed by atoms with Gasteiger partial charge in [0.15, 0.2) is 0 Å². The minimum atomic E-state index is 0.511. The van der Waals surface area contributed by atoms with Crippen LogP contribution in [0.4, 0.5) is 5.69 Å². The van der Waals surface area contributed by atoms with Crippen molar-refractivity contribution in [2.24, 2.45) is 0 Å². The Balaban J connectivity index is 2.07. The maximum absolute atomic E-state index is 5.69. The highest BCUT2D eigenvalue weighted by Crippen LogP contribution is 2.23. The van der Waals surface area contributed by atoms with E-state index < -0.39 is 0 Å². The fourth-order valence-electron chi connectivity index (χ4n) is 1.40. The highest BCUT2D eigenvalue weighted by Gasteiger charge is 2.02. The van der Waals surface area contributed by atoms with E-state index >= 15 is 0 Å². The summed E-state index contributed by atoms with van der Waals surface area (Å²) in [5.74, 6) is 0.836. The molecule has 0 atom stereocenters. The molecule has 2 nitrogen and oxygen atoms in total. The smallest absolute Gasteiger partial charge is 0.120 e. The summed E-state index contributed by atoms with van der Waals surface area (Å²) in [6, 6.07) is 13.5. The summed E-state index contributed by atoms with van der Waals surface area (Å²) in [6.07, 6.45) is 0. The standard InChI is InChI=1S/C13H11Br2NO/c14-10-2-1-3-12(6-10)17-8-9-4-5-11(16)7-13(9)15/h1-7H,8,16H2. The highest BCUT2D eigenvalue weighted by molar-refractivity contribution is 9.10. The van der Waals surface area contributed by atoms with Gasteiger partial charge in [0.1, 0.15) is 12.4 Å². The number of benzene rings is 2. The molecular formula is C13H11Br2NO. The SMILES string of the molecule is Nc1ccc(COc2cccc(Br)c2)c(Br)c1. The van der Waals surface area contributed by atoms with Crippen LogP contribution in [0.15, 0.2) is 51.4 Å². The Morgan fingerprint density at radius 3 is 2.59 bits per heavy atom. The number of hydrogen-bond donors (Lipinski definition) is 1. The molecular weight excluding hydrogens is 346 g/mol. The van der Waals surface area contributed by atoms with E-state index in [9.17, 15) is 0 Å². The van der Waals surface area contributed by atoms with E-state index in [1.165, 1.54) is 0 Å². The Labute approximate surface area is 117 Å². The van der Waals surface area contributed by atoms with Crippen molar-refractivity contribution in [2.75, 3.05) is 5.73 Å². The van der Waals surface area contributed by atoms with E-state index in [2.05, 4.69) is 31.9 Å². The molecule has 0 aliphatic heterocycles. The second kappa shape index (κ2) is 5.56. The van der Waals surface area contributed by atoms with Crippen LogP contribution in [-0.2, 0) is 6.61 Å². The Kier molecular flexibility index (Phi) is 4.07. The zero-order chi connectivity index (χ0) is 12.3.